The SMILES string of the molecule is FC(F)(F)c1ccc(NSc2ccccc2)cc1. The van der Waals surface area contributed by atoms with E-state index in [4.69, 9.17) is 0 Å². The van der Waals surface area contributed by atoms with Crippen LogP contribution >= 0.6 is 11.9 Å². The number of halogens is 3. The van der Waals surface area contributed by atoms with Crippen LogP contribution in [-0.2, 0) is 6.18 Å². The summed E-state index contributed by atoms with van der Waals surface area (Å²) in [6.07, 6.45) is -4.29. The Morgan fingerprint density at radius 1 is 0.833 bits per heavy atom. The zero-order chi connectivity index (χ0) is 13.0. The molecule has 1 nitrogen and oxygen atoms in total. The first-order chi connectivity index (χ1) is 8.55. The van der Waals surface area contributed by atoms with E-state index in [-0.39, 0.29) is 0 Å². The third-order valence-electron chi connectivity index (χ3n) is 2.24. The molecule has 0 amide bonds. The van der Waals surface area contributed by atoms with E-state index in [1.165, 1.54) is 24.1 Å². The van der Waals surface area contributed by atoms with Gasteiger partial charge in [0, 0.05) is 10.6 Å². The molecule has 94 valence electrons. The Morgan fingerprint density at radius 2 is 1.44 bits per heavy atom. The van der Waals surface area contributed by atoms with E-state index in [0.717, 1.165) is 17.0 Å². The average molecular weight is 269 g/mol. The van der Waals surface area contributed by atoms with Crippen molar-refractivity contribution < 1.29 is 13.2 Å². The van der Waals surface area contributed by atoms with E-state index in [2.05, 4.69) is 4.72 Å². The van der Waals surface area contributed by atoms with E-state index >= 15 is 0 Å². The van der Waals surface area contributed by atoms with E-state index in [1.54, 1.807) is 0 Å². The van der Waals surface area contributed by atoms with Gasteiger partial charge >= 0.3 is 6.18 Å². The van der Waals surface area contributed by atoms with Crippen LogP contribution in [0.15, 0.2) is 59.5 Å². The maximum atomic E-state index is 12.3. The molecule has 2 rings (SSSR count). The Morgan fingerprint density at radius 3 is 2.00 bits per heavy atom. The van der Waals surface area contributed by atoms with Gasteiger partial charge in [-0.1, -0.05) is 18.2 Å². The minimum atomic E-state index is -4.29. The highest BCUT2D eigenvalue weighted by Crippen LogP contribution is 2.30. The normalized spacial score (nSPS) is 11.3. The lowest BCUT2D eigenvalue weighted by Gasteiger charge is -2.08. The molecule has 2 aromatic rings. The van der Waals surface area contributed by atoms with Crippen LogP contribution in [0.5, 0.6) is 0 Å². The first kappa shape index (κ1) is 12.8. The number of rotatable bonds is 3. The van der Waals surface area contributed by atoms with Gasteiger partial charge in [0.25, 0.3) is 0 Å². The van der Waals surface area contributed by atoms with Crippen molar-refractivity contribution in [2.45, 2.75) is 11.1 Å². The molecule has 0 aliphatic carbocycles. The minimum absolute atomic E-state index is 0.636. The van der Waals surface area contributed by atoms with Crippen LogP contribution in [0.1, 0.15) is 5.56 Å². The molecule has 0 saturated carbocycles. The zero-order valence-corrected chi connectivity index (χ0v) is 10.1. The van der Waals surface area contributed by atoms with E-state index in [0.29, 0.717) is 5.69 Å². The minimum Gasteiger partial charge on any atom is -0.326 e. The highest BCUT2D eigenvalue weighted by atomic mass is 32.2. The van der Waals surface area contributed by atoms with Crippen LogP contribution in [0.4, 0.5) is 18.9 Å². The molecule has 0 aliphatic rings. The second-order valence-electron chi connectivity index (χ2n) is 3.59. The molecule has 0 spiro atoms. The van der Waals surface area contributed by atoms with Gasteiger partial charge in [-0.25, -0.2) is 0 Å². The summed E-state index contributed by atoms with van der Waals surface area (Å²) in [6.45, 7) is 0. The average Bonchev–Trinajstić information content (AvgIpc) is 2.37. The molecule has 0 heterocycles. The van der Waals surface area contributed by atoms with Crippen LogP contribution in [0.25, 0.3) is 0 Å². The zero-order valence-electron chi connectivity index (χ0n) is 9.24. The van der Waals surface area contributed by atoms with Gasteiger partial charge in [0.05, 0.1) is 5.56 Å². The Bertz CT molecular complexity index is 494. The number of benzene rings is 2. The second-order valence-corrected chi connectivity index (χ2v) is 4.47. The number of nitrogens with one attached hydrogen (secondary N) is 1. The van der Waals surface area contributed by atoms with Crippen molar-refractivity contribution in [3.63, 3.8) is 0 Å². The molecular formula is C13H10F3NS. The standard InChI is InChI=1S/C13H10F3NS/c14-13(15,16)10-6-8-11(9-7-10)17-18-12-4-2-1-3-5-12/h1-9,17H. The number of hydrogen-bond donors (Lipinski definition) is 1. The largest absolute Gasteiger partial charge is 0.416 e. The first-order valence-electron chi connectivity index (χ1n) is 5.21. The molecule has 0 saturated heterocycles. The van der Waals surface area contributed by atoms with Gasteiger partial charge in [0.2, 0.25) is 0 Å². The fourth-order valence-corrected chi connectivity index (χ4v) is 2.00. The van der Waals surface area contributed by atoms with Gasteiger partial charge in [0.15, 0.2) is 0 Å². The molecule has 0 fully saturated rings. The Kier molecular flexibility index (Phi) is 3.81. The predicted molar refractivity (Wildman–Crippen MR) is 67.4 cm³/mol. The summed E-state index contributed by atoms with van der Waals surface area (Å²) in [4.78, 5) is 0.998. The van der Waals surface area contributed by atoms with Crippen molar-refractivity contribution in [1.29, 1.82) is 0 Å². The Labute approximate surface area is 107 Å². The van der Waals surface area contributed by atoms with Gasteiger partial charge in [-0.15, -0.1) is 0 Å². The monoisotopic (exact) mass is 269 g/mol. The molecular weight excluding hydrogens is 259 g/mol. The molecule has 0 unspecified atom stereocenters. The van der Waals surface area contributed by atoms with Crippen molar-refractivity contribution in [2.24, 2.45) is 0 Å². The quantitative estimate of drug-likeness (QED) is 0.801. The first-order valence-corrected chi connectivity index (χ1v) is 6.02. The van der Waals surface area contributed by atoms with E-state index in [9.17, 15) is 13.2 Å². The summed E-state index contributed by atoms with van der Waals surface area (Å²) in [6, 6.07) is 14.5. The van der Waals surface area contributed by atoms with Crippen molar-refractivity contribution in [3.8, 4) is 0 Å². The van der Waals surface area contributed by atoms with Crippen molar-refractivity contribution in [3.05, 3.63) is 60.2 Å². The van der Waals surface area contributed by atoms with Crippen molar-refractivity contribution in [1.82, 2.24) is 0 Å². The molecule has 2 aromatic carbocycles. The van der Waals surface area contributed by atoms with Crippen molar-refractivity contribution in [2.75, 3.05) is 4.72 Å². The summed E-state index contributed by atoms with van der Waals surface area (Å²) in [5.41, 5.74) is -0.00499. The smallest absolute Gasteiger partial charge is 0.326 e. The molecule has 0 aromatic heterocycles. The number of anilines is 1. The fraction of sp³-hybridized carbons (Fsp3) is 0.0769. The summed E-state index contributed by atoms with van der Waals surface area (Å²) >= 11 is 1.36. The molecule has 1 N–H and O–H groups in total. The Hall–Kier alpha value is -1.62. The highest BCUT2D eigenvalue weighted by Gasteiger charge is 2.29. The maximum absolute atomic E-state index is 12.3. The molecule has 0 radical (unpaired) electrons. The maximum Gasteiger partial charge on any atom is 0.416 e. The molecule has 0 atom stereocenters. The summed E-state index contributed by atoms with van der Waals surface area (Å²) in [7, 11) is 0. The lowest BCUT2D eigenvalue weighted by molar-refractivity contribution is -0.137. The van der Waals surface area contributed by atoms with E-state index < -0.39 is 11.7 Å². The summed E-state index contributed by atoms with van der Waals surface area (Å²) < 4.78 is 40.0. The van der Waals surface area contributed by atoms with Gasteiger partial charge in [-0.3, -0.25) is 0 Å². The number of hydrogen-bond acceptors (Lipinski definition) is 2. The van der Waals surface area contributed by atoms with Crippen LogP contribution in [0, 0.1) is 0 Å². The van der Waals surface area contributed by atoms with Crippen LogP contribution in [-0.4, -0.2) is 0 Å². The Balaban J connectivity index is 1.99. The van der Waals surface area contributed by atoms with Crippen molar-refractivity contribution >= 4 is 17.6 Å². The second kappa shape index (κ2) is 5.35. The number of alkyl halides is 3. The van der Waals surface area contributed by atoms with Crippen LogP contribution < -0.4 is 4.72 Å². The fourth-order valence-electron chi connectivity index (χ4n) is 1.33. The summed E-state index contributed by atoms with van der Waals surface area (Å²) in [5.74, 6) is 0. The third kappa shape index (κ3) is 3.43. The van der Waals surface area contributed by atoms with Gasteiger partial charge in [-0.2, -0.15) is 13.2 Å². The van der Waals surface area contributed by atoms with Gasteiger partial charge in [-0.05, 0) is 48.3 Å². The highest BCUT2D eigenvalue weighted by molar-refractivity contribution is 8.00. The van der Waals surface area contributed by atoms with Crippen LogP contribution in [0.2, 0.25) is 0 Å². The molecule has 0 aliphatic heterocycles. The van der Waals surface area contributed by atoms with Crippen LogP contribution in [0.3, 0.4) is 0 Å². The predicted octanol–water partition coefficient (Wildman–Crippen LogP) is 4.82. The lowest BCUT2D eigenvalue weighted by atomic mass is 10.2. The summed E-state index contributed by atoms with van der Waals surface area (Å²) in [5, 5.41) is 0. The molecule has 5 heteroatoms. The lowest BCUT2D eigenvalue weighted by Crippen LogP contribution is -2.04. The van der Waals surface area contributed by atoms with Gasteiger partial charge < -0.3 is 4.72 Å². The van der Waals surface area contributed by atoms with Gasteiger partial charge in [0.1, 0.15) is 0 Å². The third-order valence-corrected chi connectivity index (χ3v) is 3.09. The van der Waals surface area contributed by atoms with E-state index in [1.807, 2.05) is 30.3 Å². The molecule has 18 heavy (non-hydrogen) atoms. The topological polar surface area (TPSA) is 12.0 Å². The molecule has 0 bridgehead atoms.